The Labute approximate surface area is 162 Å². The third kappa shape index (κ3) is 3.20. The Bertz CT molecular complexity index is 1140. The molecule has 5 heteroatoms. The van der Waals surface area contributed by atoms with E-state index in [0.29, 0.717) is 17.6 Å². The molecule has 0 saturated heterocycles. The lowest BCUT2D eigenvalue weighted by Crippen LogP contribution is -2.03. The molecular weight excluding hydrogens is 352 g/mol. The van der Waals surface area contributed by atoms with E-state index in [4.69, 9.17) is 0 Å². The van der Waals surface area contributed by atoms with Crippen molar-refractivity contribution in [2.75, 3.05) is 6.26 Å². The fourth-order valence-electron chi connectivity index (χ4n) is 3.23. The summed E-state index contributed by atoms with van der Waals surface area (Å²) in [6, 6.07) is 23.0. The van der Waals surface area contributed by atoms with Gasteiger partial charge in [-0.1, -0.05) is 65.4 Å². The Kier molecular flexibility index (Phi) is 4.66. The number of rotatable bonds is 4. The summed E-state index contributed by atoms with van der Waals surface area (Å²) < 4.78 is 1.89. The number of benzene rings is 3. The second-order valence-corrected chi connectivity index (χ2v) is 7.26. The van der Waals surface area contributed by atoms with Crippen molar-refractivity contribution in [3.05, 3.63) is 77.4 Å². The topological polar surface area (TPSA) is 54.5 Å². The molecule has 1 heterocycles. The molecule has 1 aromatic heterocycles. The molecule has 0 bridgehead atoms. The van der Waals surface area contributed by atoms with Gasteiger partial charge < -0.3 is 0 Å². The van der Waals surface area contributed by atoms with E-state index >= 15 is 0 Å². The molecule has 3 aromatic carbocycles. The summed E-state index contributed by atoms with van der Waals surface area (Å²) in [4.78, 5) is 0.923. The lowest BCUT2D eigenvalue weighted by Gasteiger charge is -2.11. The fraction of sp³-hybridized carbons (Fsp3) is 0.136. The first-order chi connectivity index (χ1) is 13.2. The zero-order valence-electron chi connectivity index (χ0n) is 15.2. The Hall–Kier alpha value is -3.10. The molecule has 0 aliphatic heterocycles. The number of fused-ring (bicyclic) bond motifs is 1. The van der Waals surface area contributed by atoms with Crippen LogP contribution in [-0.4, -0.2) is 21.2 Å². The van der Waals surface area contributed by atoms with Crippen LogP contribution in [0.25, 0.3) is 22.2 Å². The van der Waals surface area contributed by atoms with Crippen LogP contribution >= 0.6 is 11.8 Å². The number of nitrogens with zero attached hydrogens (tertiary/aromatic N) is 4. The van der Waals surface area contributed by atoms with Gasteiger partial charge in [0.25, 0.3) is 0 Å². The SMILES string of the molecule is CSc1cc(-c2ccc(C)cc2)c2c(nnn2Cc2ccccc2)c1C#N. The van der Waals surface area contributed by atoms with E-state index in [1.165, 1.54) is 5.56 Å². The zero-order chi connectivity index (χ0) is 18.8. The Morgan fingerprint density at radius 2 is 1.81 bits per heavy atom. The summed E-state index contributed by atoms with van der Waals surface area (Å²) in [5, 5.41) is 18.5. The second-order valence-electron chi connectivity index (χ2n) is 6.41. The van der Waals surface area contributed by atoms with Crippen LogP contribution in [0.15, 0.2) is 65.6 Å². The van der Waals surface area contributed by atoms with Crippen LogP contribution in [0.4, 0.5) is 0 Å². The van der Waals surface area contributed by atoms with Crippen LogP contribution in [0.3, 0.4) is 0 Å². The van der Waals surface area contributed by atoms with Crippen molar-refractivity contribution >= 4 is 22.8 Å². The van der Waals surface area contributed by atoms with Crippen molar-refractivity contribution in [1.82, 2.24) is 15.0 Å². The first-order valence-electron chi connectivity index (χ1n) is 8.66. The molecule has 0 unspecified atom stereocenters. The maximum absolute atomic E-state index is 9.70. The van der Waals surface area contributed by atoms with Gasteiger partial charge >= 0.3 is 0 Å². The van der Waals surface area contributed by atoms with E-state index in [9.17, 15) is 5.26 Å². The summed E-state index contributed by atoms with van der Waals surface area (Å²) >= 11 is 1.56. The largest absolute Gasteiger partial charge is 0.240 e. The highest BCUT2D eigenvalue weighted by Gasteiger charge is 2.19. The molecule has 0 aliphatic carbocycles. The molecule has 0 spiro atoms. The van der Waals surface area contributed by atoms with Crippen LogP contribution in [0.5, 0.6) is 0 Å². The molecule has 4 aromatic rings. The Morgan fingerprint density at radius 1 is 1.07 bits per heavy atom. The van der Waals surface area contributed by atoms with Gasteiger partial charge in [0.15, 0.2) is 0 Å². The number of hydrogen-bond acceptors (Lipinski definition) is 4. The molecule has 0 fully saturated rings. The number of aryl methyl sites for hydroxylation is 1. The molecule has 0 saturated carbocycles. The maximum atomic E-state index is 9.70. The third-order valence-electron chi connectivity index (χ3n) is 4.62. The molecule has 0 radical (unpaired) electrons. The molecule has 4 nitrogen and oxygen atoms in total. The molecule has 132 valence electrons. The summed E-state index contributed by atoms with van der Waals surface area (Å²) in [6.07, 6.45) is 1.98. The standard InChI is InChI=1S/C22H18N4S/c1-15-8-10-17(11-9-15)18-12-20(27-2)19(13-23)21-22(18)26(25-24-21)14-16-6-4-3-5-7-16/h3-12H,14H2,1-2H3. The normalized spacial score (nSPS) is 10.9. The Balaban J connectivity index is 1.98. The fourth-order valence-corrected chi connectivity index (χ4v) is 3.81. The van der Waals surface area contributed by atoms with Crippen LogP contribution in [0.1, 0.15) is 16.7 Å². The molecular formula is C22H18N4S. The average molecular weight is 370 g/mol. The van der Waals surface area contributed by atoms with E-state index in [2.05, 4.69) is 65.8 Å². The Morgan fingerprint density at radius 3 is 2.48 bits per heavy atom. The average Bonchev–Trinajstić information content (AvgIpc) is 3.12. The smallest absolute Gasteiger partial charge is 0.132 e. The molecule has 0 N–H and O–H groups in total. The van der Waals surface area contributed by atoms with Gasteiger partial charge in [-0.15, -0.1) is 16.9 Å². The summed E-state index contributed by atoms with van der Waals surface area (Å²) in [5.74, 6) is 0. The predicted molar refractivity (Wildman–Crippen MR) is 110 cm³/mol. The summed E-state index contributed by atoms with van der Waals surface area (Å²) in [7, 11) is 0. The molecule has 4 rings (SSSR count). The number of hydrogen-bond donors (Lipinski definition) is 0. The first kappa shape index (κ1) is 17.3. The van der Waals surface area contributed by atoms with Gasteiger partial charge in [0.2, 0.25) is 0 Å². The quantitative estimate of drug-likeness (QED) is 0.472. The minimum Gasteiger partial charge on any atom is -0.240 e. The molecule has 27 heavy (non-hydrogen) atoms. The monoisotopic (exact) mass is 370 g/mol. The number of thioether (sulfide) groups is 1. The zero-order valence-corrected chi connectivity index (χ0v) is 16.0. The van der Waals surface area contributed by atoms with Crippen molar-refractivity contribution in [2.24, 2.45) is 0 Å². The maximum Gasteiger partial charge on any atom is 0.132 e. The van der Waals surface area contributed by atoms with Gasteiger partial charge in [0, 0.05) is 10.5 Å². The van der Waals surface area contributed by atoms with Crippen LogP contribution < -0.4 is 0 Å². The molecule has 0 amide bonds. The van der Waals surface area contributed by atoms with E-state index in [1.54, 1.807) is 11.8 Å². The first-order valence-corrected chi connectivity index (χ1v) is 9.89. The second kappa shape index (κ2) is 7.26. The van der Waals surface area contributed by atoms with Crippen molar-refractivity contribution < 1.29 is 0 Å². The minimum atomic E-state index is 0.590. The van der Waals surface area contributed by atoms with Gasteiger partial charge in [0.05, 0.1) is 17.6 Å². The lowest BCUT2D eigenvalue weighted by molar-refractivity contribution is 0.670. The molecule has 0 aliphatic rings. The van der Waals surface area contributed by atoms with E-state index < -0.39 is 0 Å². The van der Waals surface area contributed by atoms with E-state index in [-0.39, 0.29) is 0 Å². The van der Waals surface area contributed by atoms with Crippen molar-refractivity contribution in [3.8, 4) is 17.2 Å². The van der Waals surface area contributed by atoms with Crippen molar-refractivity contribution in [2.45, 2.75) is 18.4 Å². The number of aromatic nitrogens is 3. The highest BCUT2D eigenvalue weighted by atomic mass is 32.2. The number of nitriles is 1. The van der Waals surface area contributed by atoms with Gasteiger partial charge in [0.1, 0.15) is 11.6 Å². The van der Waals surface area contributed by atoms with Gasteiger partial charge in [-0.2, -0.15) is 5.26 Å². The van der Waals surface area contributed by atoms with Gasteiger partial charge in [-0.05, 0) is 30.4 Å². The highest BCUT2D eigenvalue weighted by Crippen LogP contribution is 2.35. The molecule has 0 atom stereocenters. The van der Waals surface area contributed by atoms with Crippen LogP contribution in [-0.2, 0) is 6.54 Å². The van der Waals surface area contributed by atoms with Crippen LogP contribution in [0.2, 0.25) is 0 Å². The highest BCUT2D eigenvalue weighted by molar-refractivity contribution is 7.98. The summed E-state index contributed by atoms with van der Waals surface area (Å²) in [5.41, 5.74) is 6.66. The lowest BCUT2D eigenvalue weighted by atomic mass is 10.0. The van der Waals surface area contributed by atoms with E-state index in [0.717, 1.165) is 27.1 Å². The van der Waals surface area contributed by atoms with E-state index in [1.807, 2.05) is 29.1 Å². The van der Waals surface area contributed by atoms with Crippen LogP contribution in [0, 0.1) is 18.3 Å². The predicted octanol–water partition coefficient (Wildman–Crippen LogP) is 5.05. The minimum absolute atomic E-state index is 0.590. The summed E-state index contributed by atoms with van der Waals surface area (Å²) in [6.45, 7) is 2.69. The van der Waals surface area contributed by atoms with Crippen molar-refractivity contribution in [1.29, 1.82) is 5.26 Å². The van der Waals surface area contributed by atoms with Gasteiger partial charge in [-0.3, -0.25) is 0 Å². The van der Waals surface area contributed by atoms with Crippen molar-refractivity contribution in [3.63, 3.8) is 0 Å². The van der Waals surface area contributed by atoms with Gasteiger partial charge in [-0.25, -0.2) is 4.68 Å². The third-order valence-corrected chi connectivity index (χ3v) is 5.38.